The zero-order valence-corrected chi connectivity index (χ0v) is 20.6. The van der Waals surface area contributed by atoms with Crippen molar-refractivity contribution in [2.45, 2.75) is 19.9 Å². The maximum atomic E-state index is 12.9. The molecule has 1 atom stereocenters. The van der Waals surface area contributed by atoms with E-state index in [1.54, 1.807) is 11.3 Å². The fraction of sp³-hybridized carbons (Fsp3) is 0.333. The van der Waals surface area contributed by atoms with Gasteiger partial charge in [0.1, 0.15) is 0 Å². The molecule has 0 radical (unpaired) electrons. The molecule has 1 aromatic heterocycles. The van der Waals surface area contributed by atoms with E-state index in [0.29, 0.717) is 13.1 Å². The standard InChI is InChI=1S/C27H32N4O2S/c1-20-8-6-9-21(2)26(20)28-24(32)18-30-13-15-31(16-14-30)19-25(33)29-27(23-12-7-17-34-23)22-10-4-3-5-11-22/h3-12,17,27H,13-16,18-19H2,1-2H3,(H,28,32)(H,29,33). The van der Waals surface area contributed by atoms with Gasteiger partial charge >= 0.3 is 0 Å². The molecule has 0 bridgehead atoms. The minimum atomic E-state index is -0.136. The molecule has 0 spiro atoms. The Kier molecular flexibility index (Phi) is 8.11. The van der Waals surface area contributed by atoms with Crippen LogP contribution in [0.4, 0.5) is 5.69 Å². The average Bonchev–Trinajstić information content (AvgIpc) is 3.37. The molecule has 0 aliphatic carbocycles. The van der Waals surface area contributed by atoms with Gasteiger partial charge in [0.15, 0.2) is 0 Å². The van der Waals surface area contributed by atoms with E-state index in [0.717, 1.165) is 53.4 Å². The van der Waals surface area contributed by atoms with E-state index in [9.17, 15) is 9.59 Å². The number of hydrogen-bond donors (Lipinski definition) is 2. The van der Waals surface area contributed by atoms with E-state index >= 15 is 0 Å². The molecule has 6 nitrogen and oxygen atoms in total. The summed E-state index contributed by atoms with van der Waals surface area (Å²) in [6.45, 7) is 7.79. The van der Waals surface area contributed by atoms with Gasteiger partial charge in [0.05, 0.1) is 19.1 Å². The summed E-state index contributed by atoms with van der Waals surface area (Å²) in [6.07, 6.45) is 0. The van der Waals surface area contributed by atoms with Crippen molar-refractivity contribution in [2.24, 2.45) is 0 Å². The Morgan fingerprint density at radius 2 is 1.44 bits per heavy atom. The van der Waals surface area contributed by atoms with Crippen molar-refractivity contribution in [3.05, 3.63) is 87.6 Å². The summed E-state index contributed by atoms with van der Waals surface area (Å²) in [7, 11) is 0. The summed E-state index contributed by atoms with van der Waals surface area (Å²) in [5.74, 6) is 0.0220. The van der Waals surface area contributed by atoms with Crippen LogP contribution in [-0.2, 0) is 9.59 Å². The maximum absolute atomic E-state index is 12.9. The van der Waals surface area contributed by atoms with Crippen molar-refractivity contribution in [1.82, 2.24) is 15.1 Å². The average molecular weight is 477 g/mol. The molecule has 3 aromatic rings. The Bertz CT molecular complexity index is 1070. The first kappa shape index (κ1) is 24.1. The normalized spacial score (nSPS) is 15.6. The number of aryl methyl sites for hydroxylation is 2. The summed E-state index contributed by atoms with van der Waals surface area (Å²) in [5.41, 5.74) is 4.13. The van der Waals surface area contributed by atoms with E-state index < -0.39 is 0 Å². The van der Waals surface area contributed by atoms with Crippen molar-refractivity contribution in [2.75, 3.05) is 44.6 Å². The summed E-state index contributed by atoms with van der Waals surface area (Å²) in [6, 6.07) is 20.0. The summed E-state index contributed by atoms with van der Waals surface area (Å²) in [4.78, 5) is 30.9. The third-order valence-corrected chi connectivity index (χ3v) is 7.15. The monoisotopic (exact) mass is 476 g/mol. The topological polar surface area (TPSA) is 64.7 Å². The van der Waals surface area contributed by atoms with Gasteiger partial charge < -0.3 is 10.6 Å². The maximum Gasteiger partial charge on any atom is 0.238 e. The minimum absolute atomic E-state index is 0.00486. The SMILES string of the molecule is Cc1cccc(C)c1NC(=O)CN1CCN(CC(=O)NC(c2ccccc2)c2cccs2)CC1. The Labute approximate surface area is 205 Å². The van der Waals surface area contributed by atoms with Gasteiger partial charge in [-0.15, -0.1) is 11.3 Å². The fourth-order valence-electron chi connectivity index (χ4n) is 4.33. The molecule has 2 amide bonds. The van der Waals surface area contributed by atoms with E-state index in [-0.39, 0.29) is 17.9 Å². The molecule has 7 heteroatoms. The number of amides is 2. The number of piperazine rings is 1. The van der Waals surface area contributed by atoms with E-state index in [1.165, 1.54) is 0 Å². The van der Waals surface area contributed by atoms with Crippen LogP contribution >= 0.6 is 11.3 Å². The summed E-state index contributed by atoms with van der Waals surface area (Å²) >= 11 is 1.65. The molecular weight excluding hydrogens is 444 g/mol. The van der Waals surface area contributed by atoms with Crippen molar-refractivity contribution in [1.29, 1.82) is 0 Å². The lowest BCUT2D eigenvalue weighted by Crippen LogP contribution is -2.51. The van der Waals surface area contributed by atoms with E-state index in [2.05, 4.69) is 26.5 Å². The number of anilines is 1. The minimum Gasteiger partial charge on any atom is -0.343 e. The number of carbonyl (C=O) groups is 2. The molecular formula is C27H32N4O2S. The zero-order chi connectivity index (χ0) is 23.9. The van der Waals surface area contributed by atoms with Crippen molar-refractivity contribution in [3.8, 4) is 0 Å². The largest absolute Gasteiger partial charge is 0.343 e. The van der Waals surface area contributed by atoms with Crippen LogP contribution in [-0.4, -0.2) is 60.9 Å². The van der Waals surface area contributed by atoms with Gasteiger partial charge in [-0.2, -0.15) is 0 Å². The lowest BCUT2D eigenvalue weighted by Gasteiger charge is -2.34. The van der Waals surface area contributed by atoms with Crippen molar-refractivity contribution >= 4 is 28.8 Å². The molecule has 1 fully saturated rings. The molecule has 2 aromatic carbocycles. The Morgan fingerprint density at radius 3 is 2.03 bits per heavy atom. The van der Waals surface area contributed by atoms with Gasteiger partial charge in [-0.25, -0.2) is 0 Å². The van der Waals surface area contributed by atoms with Crippen LogP contribution in [0.3, 0.4) is 0 Å². The van der Waals surface area contributed by atoms with Crippen LogP contribution in [0.5, 0.6) is 0 Å². The molecule has 1 saturated heterocycles. The van der Waals surface area contributed by atoms with Gasteiger partial charge in [0, 0.05) is 36.7 Å². The predicted molar refractivity (Wildman–Crippen MR) is 138 cm³/mol. The zero-order valence-electron chi connectivity index (χ0n) is 19.8. The number of nitrogens with one attached hydrogen (secondary N) is 2. The number of para-hydroxylation sites is 1. The molecule has 178 valence electrons. The Balaban J connectivity index is 1.26. The number of hydrogen-bond acceptors (Lipinski definition) is 5. The van der Waals surface area contributed by atoms with Crippen molar-refractivity contribution < 1.29 is 9.59 Å². The Hall–Kier alpha value is -3.00. The first-order valence-electron chi connectivity index (χ1n) is 11.7. The molecule has 34 heavy (non-hydrogen) atoms. The van der Waals surface area contributed by atoms with Gasteiger partial charge in [0.25, 0.3) is 0 Å². The molecule has 2 N–H and O–H groups in total. The first-order valence-corrected chi connectivity index (χ1v) is 12.6. The van der Waals surface area contributed by atoms with Crippen LogP contribution < -0.4 is 10.6 Å². The van der Waals surface area contributed by atoms with Gasteiger partial charge in [-0.1, -0.05) is 54.6 Å². The number of benzene rings is 2. The fourth-order valence-corrected chi connectivity index (χ4v) is 5.13. The third kappa shape index (κ3) is 6.32. The number of nitrogens with zero attached hydrogens (tertiary/aromatic N) is 2. The molecule has 1 unspecified atom stereocenters. The molecule has 2 heterocycles. The summed E-state index contributed by atoms with van der Waals surface area (Å²) in [5, 5.41) is 8.31. The quantitative estimate of drug-likeness (QED) is 0.519. The van der Waals surface area contributed by atoms with Crippen LogP contribution in [0, 0.1) is 13.8 Å². The van der Waals surface area contributed by atoms with Gasteiger partial charge in [0.2, 0.25) is 11.8 Å². The lowest BCUT2D eigenvalue weighted by atomic mass is 10.1. The Morgan fingerprint density at radius 1 is 0.824 bits per heavy atom. The van der Waals surface area contributed by atoms with Crippen LogP contribution in [0.15, 0.2) is 66.0 Å². The molecule has 1 aliphatic rings. The van der Waals surface area contributed by atoms with Gasteiger partial charge in [-0.3, -0.25) is 19.4 Å². The second-order valence-electron chi connectivity index (χ2n) is 8.79. The predicted octanol–water partition coefficient (Wildman–Crippen LogP) is 3.83. The van der Waals surface area contributed by atoms with E-state index in [1.807, 2.05) is 73.8 Å². The smallest absolute Gasteiger partial charge is 0.238 e. The molecule has 0 saturated carbocycles. The number of carbonyl (C=O) groups excluding carboxylic acids is 2. The highest BCUT2D eigenvalue weighted by Crippen LogP contribution is 2.26. The van der Waals surface area contributed by atoms with Crippen LogP contribution in [0.25, 0.3) is 0 Å². The number of thiophene rings is 1. The third-order valence-electron chi connectivity index (χ3n) is 6.21. The molecule has 1 aliphatic heterocycles. The van der Waals surface area contributed by atoms with Crippen LogP contribution in [0.1, 0.15) is 27.6 Å². The van der Waals surface area contributed by atoms with Crippen molar-refractivity contribution in [3.63, 3.8) is 0 Å². The summed E-state index contributed by atoms with van der Waals surface area (Å²) < 4.78 is 0. The first-order chi connectivity index (χ1) is 16.5. The van der Waals surface area contributed by atoms with E-state index in [4.69, 9.17) is 0 Å². The second kappa shape index (κ2) is 11.4. The van der Waals surface area contributed by atoms with Crippen LogP contribution in [0.2, 0.25) is 0 Å². The van der Waals surface area contributed by atoms with Gasteiger partial charge in [-0.05, 0) is 42.0 Å². The lowest BCUT2D eigenvalue weighted by molar-refractivity contribution is -0.124. The highest BCUT2D eigenvalue weighted by atomic mass is 32.1. The second-order valence-corrected chi connectivity index (χ2v) is 9.77. The number of rotatable bonds is 8. The molecule has 4 rings (SSSR count). The highest BCUT2D eigenvalue weighted by Gasteiger charge is 2.23. The highest BCUT2D eigenvalue weighted by molar-refractivity contribution is 7.10.